The second-order valence-electron chi connectivity index (χ2n) is 5.62. The molecule has 0 amide bonds. The molecule has 1 rings (SSSR count). The van der Waals surface area contributed by atoms with Crippen molar-refractivity contribution in [3.05, 3.63) is 23.8 Å². The summed E-state index contributed by atoms with van der Waals surface area (Å²) in [5, 5.41) is 18.6. The van der Waals surface area contributed by atoms with Crippen LogP contribution in [0, 0.1) is 0 Å². The van der Waals surface area contributed by atoms with E-state index in [1.165, 1.54) is 31.7 Å². The molecule has 0 heterocycles. The fourth-order valence-corrected chi connectivity index (χ4v) is 2.38. The van der Waals surface area contributed by atoms with Crippen molar-refractivity contribution in [2.24, 2.45) is 0 Å². The summed E-state index contributed by atoms with van der Waals surface area (Å²) < 4.78 is 10.1. The van der Waals surface area contributed by atoms with Crippen molar-refractivity contribution in [1.29, 1.82) is 0 Å². The van der Waals surface area contributed by atoms with Crippen LogP contribution in [0.3, 0.4) is 0 Å². The second kappa shape index (κ2) is 11.8. The fraction of sp³-hybridized carbons (Fsp3) is 0.611. The lowest BCUT2D eigenvalue weighted by atomic mass is 10.1. The molecule has 5 heteroatoms. The van der Waals surface area contributed by atoms with Gasteiger partial charge < -0.3 is 19.7 Å². The zero-order valence-corrected chi connectivity index (χ0v) is 13.9. The van der Waals surface area contributed by atoms with Gasteiger partial charge in [-0.1, -0.05) is 44.7 Å². The van der Waals surface area contributed by atoms with E-state index in [1.807, 2.05) is 0 Å². The van der Waals surface area contributed by atoms with Crippen LogP contribution in [0.25, 0.3) is 0 Å². The van der Waals surface area contributed by atoms with E-state index in [1.54, 1.807) is 12.1 Å². The summed E-state index contributed by atoms with van der Waals surface area (Å²) in [6.07, 6.45) is 7.23. The van der Waals surface area contributed by atoms with Gasteiger partial charge in [0.25, 0.3) is 0 Å². The van der Waals surface area contributed by atoms with Gasteiger partial charge in [-0.2, -0.15) is 0 Å². The Balaban J connectivity index is 2.15. The molecule has 1 aromatic carbocycles. The summed E-state index contributed by atoms with van der Waals surface area (Å²) in [7, 11) is 0. The predicted molar refractivity (Wildman–Crippen MR) is 89.3 cm³/mol. The topological polar surface area (TPSA) is 76.0 Å². The molecule has 0 aliphatic carbocycles. The van der Waals surface area contributed by atoms with E-state index in [9.17, 15) is 9.90 Å². The van der Waals surface area contributed by atoms with Crippen molar-refractivity contribution < 1.29 is 24.5 Å². The third kappa shape index (κ3) is 8.45. The molecular formula is C18H28O5. The van der Waals surface area contributed by atoms with Gasteiger partial charge in [0, 0.05) is 13.2 Å². The van der Waals surface area contributed by atoms with E-state index >= 15 is 0 Å². The van der Waals surface area contributed by atoms with Crippen molar-refractivity contribution in [1.82, 2.24) is 0 Å². The number of phenols is 1. The summed E-state index contributed by atoms with van der Waals surface area (Å²) in [5.41, 5.74) is 0.698. The molecule has 0 saturated heterocycles. The van der Waals surface area contributed by atoms with E-state index in [0.29, 0.717) is 12.0 Å². The number of para-hydroxylation sites is 1. The molecule has 0 radical (unpaired) electrons. The number of phenolic OH excluding ortho intramolecular Hbond substituents is 1. The quantitative estimate of drug-likeness (QED) is 0.329. The minimum atomic E-state index is -1.43. The smallest absolute Gasteiger partial charge is 0.504 e. The van der Waals surface area contributed by atoms with Gasteiger partial charge in [0.05, 0.1) is 0 Å². The fourth-order valence-electron chi connectivity index (χ4n) is 2.38. The van der Waals surface area contributed by atoms with Crippen LogP contribution in [0.1, 0.15) is 57.4 Å². The summed E-state index contributed by atoms with van der Waals surface area (Å²) in [6, 6.07) is 4.90. The van der Waals surface area contributed by atoms with Crippen LogP contribution in [-0.4, -0.2) is 29.6 Å². The molecule has 0 unspecified atom stereocenters. The zero-order valence-electron chi connectivity index (χ0n) is 13.9. The first-order valence-electron chi connectivity index (χ1n) is 8.44. The van der Waals surface area contributed by atoms with Crippen molar-refractivity contribution in [2.45, 2.75) is 58.3 Å². The average molecular weight is 324 g/mol. The molecule has 2 N–H and O–H groups in total. The highest BCUT2D eigenvalue weighted by atomic mass is 16.7. The number of ether oxygens (including phenoxy) is 2. The van der Waals surface area contributed by atoms with Crippen LogP contribution in [0.4, 0.5) is 4.79 Å². The van der Waals surface area contributed by atoms with Gasteiger partial charge in [-0.3, -0.25) is 0 Å². The molecule has 0 fully saturated rings. The normalized spacial score (nSPS) is 10.7. The molecule has 5 nitrogen and oxygen atoms in total. The maximum atomic E-state index is 10.5. The molecule has 0 aliphatic rings. The van der Waals surface area contributed by atoms with E-state index in [2.05, 4.69) is 11.7 Å². The van der Waals surface area contributed by atoms with E-state index < -0.39 is 6.16 Å². The Morgan fingerprint density at radius 2 is 1.74 bits per heavy atom. The number of aromatic hydroxyl groups is 1. The minimum absolute atomic E-state index is 0.0154. The first kappa shape index (κ1) is 19.3. The Bertz CT molecular complexity index is 459. The van der Waals surface area contributed by atoms with Crippen LogP contribution in [-0.2, 0) is 11.2 Å². The van der Waals surface area contributed by atoms with Gasteiger partial charge in [0.15, 0.2) is 11.5 Å². The van der Waals surface area contributed by atoms with Gasteiger partial charge in [-0.15, -0.1) is 0 Å². The highest BCUT2D eigenvalue weighted by Crippen LogP contribution is 2.30. The molecule has 130 valence electrons. The largest absolute Gasteiger partial charge is 0.511 e. The molecule has 0 aliphatic heterocycles. The number of carboxylic acid groups (broad SMARTS) is 1. The van der Waals surface area contributed by atoms with Crippen molar-refractivity contribution in [2.75, 3.05) is 13.2 Å². The van der Waals surface area contributed by atoms with Crippen LogP contribution < -0.4 is 4.74 Å². The number of aryl methyl sites for hydroxylation is 1. The van der Waals surface area contributed by atoms with Crippen LogP contribution in [0.15, 0.2) is 18.2 Å². The van der Waals surface area contributed by atoms with Crippen molar-refractivity contribution >= 4 is 6.16 Å². The lowest BCUT2D eigenvalue weighted by Gasteiger charge is -2.08. The summed E-state index contributed by atoms with van der Waals surface area (Å²) in [4.78, 5) is 10.5. The standard InChI is InChI=1S/C18H28O5/c1-2-3-4-5-7-13-22-14-8-6-10-15-11-9-12-16(17(15)19)23-18(20)21/h9,11-12,19H,2-8,10,13-14H2,1H3,(H,20,21). The highest BCUT2D eigenvalue weighted by Gasteiger charge is 2.10. The van der Waals surface area contributed by atoms with E-state index in [4.69, 9.17) is 9.84 Å². The number of unbranched alkanes of at least 4 members (excludes halogenated alkanes) is 5. The molecular weight excluding hydrogens is 296 g/mol. The van der Waals surface area contributed by atoms with Gasteiger partial charge >= 0.3 is 6.16 Å². The number of benzene rings is 1. The molecule has 23 heavy (non-hydrogen) atoms. The third-order valence-corrected chi connectivity index (χ3v) is 3.66. The average Bonchev–Trinajstić information content (AvgIpc) is 2.52. The summed E-state index contributed by atoms with van der Waals surface area (Å²) in [5.74, 6) is -0.106. The summed E-state index contributed by atoms with van der Waals surface area (Å²) >= 11 is 0. The Morgan fingerprint density at radius 1 is 1.04 bits per heavy atom. The molecule has 0 spiro atoms. The van der Waals surface area contributed by atoms with Crippen molar-refractivity contribution in [3.63, 3.8) is 0 Å². The Kier molecular flexibility index (Phi) is 9.87. The Hall–Kier alpha value is -1.75. The highest BCUT2D eigenvalue weighted by molar-refractivity contribution is 5.63. The molecule has 0 bridgehead atoms. The van der Waals surface area contributed by atoms with E-state index in [0.717, 1.165) is 32.5 Å². The van der Waals surface area contributed by atoms with Crippen LogP contribution in [0.2, 0.25) is 0 Å². The number of hydrogen-bond donors (Lipinski definition) is 2. The van der Waals surface area contributed by atoms with Gasteiger partial charge in [-0.05, 0) is 37.3 Å². The van der Waals surface area contributed by atoms with Crippen molar-refractivity contribution in [3.8, 4) is 11.5 Å². The minimum Gasteiger partial charge on any atom is -0.504 e. The SMILES string of the molecule is CCCCCCCOCCCCc1cccc(OC(=O)O)c1O. The lowest BCUT2D eigenvalue weighted by molar-refractivity contribution is 0.126. The molecule has 0 aromatic heterocycles. The Morgan fingerprint density at radius 3 is 2.43 bits per heavy atom. The third-order valence-electron chi connectivity index (χ3n) is 3.66. The monoisotopic (exact) mass is 324 g/mol. The second-order valence-corrected chi connectivity index (χ2v) is 5.62. The van der Waals surface area contributed by atoms with Crippen LogP contribution >= 0.6 is 0 Å². The van der Waals surface area contributed by atoms with Crippen LogP contribution in [0.5, 0.6) is 11.5 Å². The number of rotatable bonds is 12. The Labute approximate surface area is 138 Å². The number of hydrogen-bond acceptors (Lipinski definition) is 4. The first-order valence-corrected chi connectivity index (χ1v) is 8.44. The number of carbonyl (C=O) groups is 1. The maximum Gasteiger partial charge on any atom is 0.511 e. The zero-order chi connectivity index (χ0) is 16.9. The maximum absolute atomic E-state index is 10.5. The first-order chi connectivity index (χ1) is 11.1. The van der Waals surface area contributed by atoms with Gasteiger partial charge in [0.1, 0.15) is 0 Å². The molecule has 0 saturated carbocycles. The predicted octanol–water partition coefficient (Wildman–Crippen LogP) is 4.76. The van der Waals surface area contributed by atoms with Gasteiger partial charge in [0.2, 0.25) is 0 Å². The van der Waals surface area contributed by atoms with Gasteiger partial charge in [-0.25, -0.2) is 4.79 Å². The summed E-state index contributed by atoms with van der Waals surface area (Å²) in [6.45, 7) is 3.74. The molecule has 1 aromatic rings. The van der Waals surface area contributed by atoms with E-state index in [-0.39, 0.29) is 11.5 Å². The molecule has 0 atom stereocenters. The lowest BCUT2D eigenvalue weighted by Crippen LogP contribution is -2.04.